The standard InChI is InChI=1S/C17H14N4/c1-12-15-16(13-8-4-2-5-9-13)18-19-17(15)21(20-12)14-10-6-3-7-11-14/h2-11H,1H3,(H,18,19). The fraction of sp³-hybridized carbons (Fsp3) is 0.0588. The molecule has 0 amide bonds. The van der Waals surface area contributed by atoms with Crippen molar-refractivity contribution in [2.75, 3.05) is 0 Å². The molecule has 0 radical (unpaired) electrons. The van der Waals surface area contributed by atoms with Gasteiger partial charge in [0.15, 0.2) is 5.65 Å². The summed E-state index contributed by atoms with van der Waals surface area (Å²) in [5.41, 5.74) is 4.99. The van der Waals surface area contributed by atoms with E-state index in [4.69, 9.17) is 0 Å². The first-order valence-corrected chi connectivity index (χ1v) is 6.89. The number of aryl methyl sites for hydroxylation is 1. The van der Waals surface area contributed by atoms with Crippen LogP contribution in [-0.2, 0) is 0 Å². The normalized spacial score (nSPS) is 11.1. The van der Waals surface area contributed by atoms with E-state index in [0.717, 1.165) is 33.7 Å². The Morgan fingerprint density at radius 2 is 1.57 bits per heavy atom. The van der Waals surface area contributed by atoms with Crippen LogP contribution in [0, 0.1) is 6.92 Å². The van der Waals surface area contributed by atoms with Gasteiger partial charge in [0.25, 0.3) is 0 Å². The van der Waals surface area contributed by atoms with Crippen molar-refractivity contribution in [1.82, 2.24) is 20.0 Å². The molecule has 1 N–H and O–H groups in total. The summed E-state index contributed by atoms with van der Waals surface area (Å²) in [7, 11) is 0. The van der Waals surface area contributed by atoms with Gasteiger partial charge in [0.1, 0.15) is 0 Å². The Hall–Kier alpha value is -2.88. The number of aromatic amines is 1. The second-order valence-corrected chi connectivity index (χ2v) is 5.00. The van der Waals surface area contributed by atoms with Crippen molar-refractivity contribution >= 4 is 11.0 Å². The van der Waals surface area contributed by atoms with E-state index in [0.29, 0.717) is 0 Å². The number of para-hydroxylation sites is 1. The molecule has 2 aromatic carbocycles. The summed E-state index contributed by atoms with van der Waals surface area (Å²) in [4.78, 5) is 0. The zero-order valence-corrected chi connectivity index (χ0v) is 11.6. The third-order valence-corrected chi connectivity index (χ3v) is 3.62. The van der Waals surface area contributed by atoms with Crippen molar-refractivity contribution in [1.29, 1.82) is 0 Å². The van der Waals surface area contributed by atoms with E-state index in [1.54, 1.807) is 0 Å². The first kappa shape index (κ1) is 11.9. The zero-order chi connectivity index (χ0) is 14.2. The Morgan fingerprint density at radius 1 is 0.905 bits per heavy atom. The lowest BCUT2D eigenvalue weighted by atomic mass is 10.1. The molecule has 4 aromatic rings. The molecule has 4 rings (SSSR count). The van der Waals surface area contributed by atoms with Gasteiger partial charge in [-0.05, 0) is 19.1 Å². The second kappa shape index (κ2) is 4.59. The number of nitrogens with zero attached hydrogens (tertiary/aromatic N) is 3. The van der Waals surface area contributed by atoms with Crippen LogP contribution in [-0.4, -0.2) is 20.0 Å². The molecule has 0 aliphatic carbocycles. The average Bonchev–Trinajstić information content (AvgIpc) is 3.11. The first-order chi connectivity index (χ1) is 10.3. The second-order valence-electron chi connectivity index (χ2n) is 5.00. The van der Waals surface area contributed by atoms with Crippen molar-refractivity contribution in [3.05, 3.63) is 66.4 Å². The van der Waals surface area contributed by atoms with Gasteiger partial charge in [-0.15, -0.1) is 0 Å². The fourth-order valence-corrected chi connectivity index (χ4v) is 2.64. The molecule has 0 atom stereocenters. The van der Waals surface area contributed by atoms with Crippen LogP contribution >= 0.6 is 0 Å². The van der Waals surface area contributed by atoms with Crippen molar-refractivity contribution in [2.24, 2.45) is 0 Å². The highest BCUT2D eigenvalue weighted by Crippen LogP contribution is 2.29. The number of hydrogen-bond acceptors (Lipinski definition) is 2. The van der Waals surface area contributed by atoms with Crippen LogP contribution < -0.4 is 0 Å². The SMILES string of the molecule is Cc1nn(-c2ccccc2)c2n[nH]c(-c3ccccc3)c12. The summed E-state index contributed by atoms with van der Waals surface area (Å²) < 4.78 is 1.88. The minimum Gasteiger partial charge on any atom is -0.275 e. The summed E-state index contributed by atoms with van der Waals surface area (Å²) in [6.07, 6.45) is 0. The number of aromatic nitrogens is 4. The van der Waals surface area contributed by atoms with Crippen LogP contribution in [0.2, 0.25) is 0 Å². The summed E-state index contributed by atoms with van der Waals surface area (Å²) in [6.45, 7) is 2.02. The summed E-state index contributed by atoms with van der Waals surface area (Å²) >= 11 is 0. The highest BCUT2D eigenvalue weighted by Gasteiger charge is 2.17. The van der Waals surface area contributed by atoms with Crippen LogP contribution in [0.25, 0.3) is 28.0 Å². The molecule has 4 nitrogen and oxygen atoms in total. The lowest BCUT2D eigenvalue weighted by molar-refractivity contribution is 0.865. The molecule has 0 aliphatic rings. The third-order valence-electron chi connectivity index (χ3n) is 3.62. The molecule has 0 bridgehead atoms. The Kier molecular flexibility index (Phi) is 2.60. The average molecular weight is 274 g/mol. The van der Waals surface area contributed by atoms with Gasteiger partial charge in [0, 0.05) is 5.56 Å². The predicted octanol–water partition coefficient (Wildman–Crippen LogP) is 3.72. The van der Waals surface area contributed by atoms with Gasteiger partial charge < -0.3 is 0 Å². The zero-order valence-electron chi connectivity index (χ0n) is 11.6. The topological polar surface area (TPSA) is 46.5 Å². The van der Waals surface area contributed by atoms with Gasteiger partial charge in [0.05, 0.1) is 22.5 Å². The summed E-state index contributed by atoms with van der Waals surface area (Å²) in [5.74, 6) is 0. The molecular formula is C17H14N4. The molecular weight excluding hydrogens is 260 g/mol. The maximum absolute atomic E-state index is 4.64. The molecule has 0 spiro atoms. The molecule has 4 heteroatoms. The number of benzene rings is 2. The predicted molar refractivity (Wildman–Crippen MR) is 83.4 cm³/mol. The molecule has 2 heterocycles. The van der Waals surface area contributed by atoms with E-state index in [-0.39, 0.29) is 0 Å². The van der Waals surface area contributed by atoms with Crippen LogP contribution in [0.15, 0.2) is 60.7 Å². The van der Waals surface area contributed by atoms with Crippen molar-refractivity contribution in [3.63, 3.8) is 0 Å². The summed E-state index contributed by atoms with van der Waals surface area (Å²) in [6, 6.07) is 20.3. The molecule has 0 saturated carbocycles. The quantitative estimate of drug-likeness (QED) is 0.605. The minimum absolute atomic E-state index is 0.859. The van der Waals surface area contributed by atoms with E-state index in [1.807, 2.05) is 60.1 Å². The van der Waals surface area contributed by atoms with E-state index in [1.165, 1.54) is 0 Å². The Balaban J connectivity index is 1.97. The minimum atomic E-state index is 0.859. The Bertz CT molecular complexity index is 851. The van der Waals surface area contributed by atoms with E-state index < -0.39 is 0 Å². The van der Waals surface area contributed by atoms with Gasteiger partial charge in [-0.25, -0.2) is 4.68 Å². The Labute approximate surface area is 122 Å². The van der Waals surface area contributed by atoms with Crippen LogP contribution in [0.3, 0.4) is 0 Å². The molecule has 2 aromatic heterocycles. The highest BCUT2D eigenvalue weighted by molar-refractivity contribution is 5.93. The van der Waals surface area contributed by atoms with E-state index in [9.17, 15) is 0 Å². The smallest absolute Gasteiger partial charge is 0.185 e. The van der Waals surface area contributed by atoms with E-state index >= 15 is 0 Å². The van der Waals surface area contributed by atoms with Gasteiger partial charge in [-0.2, -0.15) is 10.2 Å². The number of nitrogens with one attached hydrogen (secondary N) is 1. The van der Waals surface area contributed by atoms with Crippen LogP contribution in [0.4, 0.5) is 0 Å². The Morgan fingerprint density at radius 3 is 2.29 bits per heavy atom. The molecule has 0 fully saturated rings. The third kappa shape index (κ3) is 1.84. The molecule has 102 valence electrons. The largest absolute Gasteiger partial charge is 0.275 e. The molecule has 0 aliphatic heterocycles. The molecule has 0 unspecified atom stereocenters. The summed E-state index contributed by atoms with van der Waals surface area (Å²) in [5, 5.41) is 13.3. The maximum Gasteiger partial charge on any atom is 0.185 e. The van der Waals surface area contributed by atoms with Gasteiger partial charge >= 0.3 is 0 Å². The van der Waals surface area contributed by atoms with Crippen LogP contribution in [0.1, 0.15) is 5.69 Å². The van der Waals surface area contributed by atoms with Crippen molar-refractivity contribution < 1.29 is 0 Å². The number of fused-ring (bicyclic) bond motifs is 1. The first-order valence-electron chi connectivity index (χ1n) is 6.89. The lowest BCUT2D eigenvalue weighted by Gasteiger charge is -1.99. The lowest BCUT2D eigenvalue weighted by Crippen LogP contribution is -1.96. The molecule has 0 saturated heterocycles. The molecule has 21 heavy (non-hydrogen) atoms. The van der Waals surface area contributed by atoms with Crippen molar-refractivity contribution in [2.45, 2.75) is 6.92 Å². The fourth-order valence-electron chi connectivity index (χ4n) is 2.64. The van der Waals surface area contributed by atoms with Crippen molar-refractivity contribution in [3.8, 4) is 16.9 Å². The number of hydrogen-bond donors (Lipinski definition) is 1. The highest BCUT2D eigenvalue weighted by atomic mass is 15.3. The number of H-pyrrole nitrogens is 1. The monoisotopic (exact) mass is 274 g/mol. The van der Waals surface area contributed by atoms with Crippen LogP contribution in [0.5, 0.6) is 0 Å². The number of rotatable bonds is 2. The maximum atomic E-state index is 4.64. The van der Waals surface area contributed by atoms with Gasteiger partial charge in [-0.3, -0.25) is 5.10 Å². The van der Waals surface area contributed by atoms with Gasteiger partial charge in [0.2, 0.25) is 0 Å². The van der Waals surface area contributed by atoms with E-state index in [2.05, 4.69) is 27.4 Å². The van der Waals surface area contributed by atoms with Gasteiger partial charge in [-0.1, -0.05) is 48.5 Å².